The molecule has 3 nitrogen and oxygen atoms in total. The normalized spacial score (nSPS) is 16.0. The van der Waals surface area contributed by atoms with Crippen molar-refractivity contribution in [2.45, 2.75) is 40.5 Å². The summed E-state index contributed by atoms with van der Waals surface area (Å²) in [4.78, 5) is 9.23. The molecule has 1 aliphatic rings. The Bertz CT molecular complexity index is 526. The van der Waals surface area contributed by atoms with Gasteiger partial charge in [0.15, 0.2) is 0 Å². The van der Waals surface area contributed by atoms with Gasteiger partial charge in [0.1, 0.15) is 5.82 Å². The minimum absolute atomic E-state index is 0.287. The van der Waals surface area contributed by atoms with Crippen LogP contribution in [-0.2, 0) is 6.42 Å². The highest BCUT2D eigenvalue weighted by Gasteiger charge is 2.23. The molecule has 1 aromatic rings. The largest absolute Gasteiger partial charge is 0.372 e. The monoisotopic (exact) mass is 321 g/mol. The lowest BCUT2D eigenvalue weighted by Crippen LogP contribution is -2.46. The van der Waals surface area contributed by atoms with Crippen LogP contribution in [0.25, 0.3) is 0 Å². The fourth-order valence-corrected chi connectivity index (χ4v) is 3.16. The van der Waals surface area contributed by atoms with Crippen LogP contribution in [0.5, 0.6) is 0 Å². The van der Waals surface area contributed by atoms with Crippen molar-refractivity contribution in [3.8, 4) is 0 Å². The third-order valence-corrected chi connectivity index (χ3v) is 4.33. The van der Waals surface area contributed by atoms with Crippen LogP contribution in [0, 0.1) is 5.41 Å². The molecule has 0 aliphatic carbocycles. The average molecular weight is 322 g/mol. The van der Waals surface area contributed by atoms with E-state index < -0.39 is 0 Å². The van der Waals surface area contributed by atoms with Gasteiger partial charge in [0.05, 0.1) is 5.02 Å². The van der Waals surface area contributed by atoms with E-state index in [1.54, 1.807) is 0 Å². The Labute approximate surface area is 140 Å². The molecule has 1 aromatic heterocycles. The highest BCUT2D eigenvalue weighted by Crippen LogP contribution is 2.28. The molecule has 0 saturated carbocycles. The fourth-order valence-electron chi connectivity index (χ4n) is 2.85. The molecular weight excluding hydrogens is 294 g/mol. The first kappa shape index (κ1) is 17.1. The SMILES string of the molecule is C=C(CC(C)(C)C)N1CCN(c2ncc(CC)cc2Cl)CC1. The van der Waals surface area contributed by atoms with Gasteiger partial charge in [0.2, 0.25) is 0 Å². The summed E-state index contributed by atoms with van der Waals surface area (Å²) in [5.74, 6) is 0.917. The van der Waals surface area contributed by atoms with Crippen molar-refractivity contribution in [3.05, 3.63) is 35.1 Å². The van der Waals surface area contributed by atoms with Gasteiger partial charge in [-0.3, -0.25) is 0 Å². The molecule has 22 heavy (non-hydrogen) atoms. The third kappa shape index (κ3) is 4.39. The van der Waals surface area contributed by atoms with Crippen LogP contribution in [0.3, 0.4) is 0 Å². The molecule has 1 aliphatic heterocycles. The van der Waals surface area contributed by atoms with E-state index in [4.69, 9.17) is 11.6 Å². The Hall–Kier alpha value is -1.22. The second-order valence-electron chi connectivity index (χ2n) is 7.28. The summed E-state index contributed by atoms with van der Waals surface area (Å²) in [6.45, 7) is 17.0. The number of nitrogens with zero attached hydrogens (tertiary/aromatic N) is 3. The molecule has 0 unspecified atom stereocenters. The molecule has 2 heterocycles. The number of rotatable bonds is 4. The molecule has 1 saturated heterocycles. The zero-order chi connectivity index (χ0) is 16.3. The molecule has 0 bridgehead atoms. The van der Waals surface area contributed by atoms with Crippen LogP contribution in [0.15, 0.2) is 24.5 Å². The van der Waals surface area contributed by atoms with Crippen molar-refractivity contribution in [1.82, 2.24) is 9.88 Å². The summed E-state index contributed by atoms with van der Waals surface area (Å²) >= 11 is 6.39. The number of pyridine rings is 1. The van der Waals surface area contributed by atoms with Gasteiger partial charge in [-0.25, -0.2) is 4.98 Å². The van der Waals surface area contributed by atoms with Gasteiger partial charge in [-0.2, -0.15) is 0 Å². The second kappa shape index (κ2) is 6.91. The van der Waals surface area contributed by atoms with Crippen LogP contribution < -0.4 is 4.90 Å². The number of halogens is 1. The minimum atomic E-state index is 0.287. The van der Waals surface area contributed by atoms with Crippen LogP contribution in [0.4, 0.5) is 5.82 Å². The number of hydrogen-bond donors (Lipinski definition) is 0. The van der Waals surface area contributed by atoms with E-state index in [0.29, 0.717) is 0 Å². The number of allylic oxidation sites excluding steroid dienone is 1. The smallest absolute Gasteiger partial charge is 0.147 e. The van der Waals surface area contributed by atoms with Gasteiger partial charge in [-0.15, -0.1) is 0 Å². The lowest BCUT2D eigenvalue weighted by Gasteiger charge is -2.39. The maximum absolute atomic E-state index is 6.39. The van der Waals surface area contributed by atoms with Gasteiger partial charge < -0.3 is 9.80 Å². The van der Waals surface area contributed by atoms with E-state index in [9.17, 15) is 0 Å². The van der Waals surface area contributed by atoms with E-state index in [-0.39, 0.29) is 5.41 Å². The highest BCUT2D eigenvalue weighted by atomic mass is 35.5. The standard InChI is InChI=1S/C18H28ClN3/c1-6-15-11-16(19)17(20-13-15)22-9-7-21(8-10-22)14(2)12-18(3,4)5/h11,13H,2,6-10,12H2,1,3-5H3. The summed E-state index contributed by atoms with van der Waals surface area (Å²) in [5, 5.41) is 0.765. The number of hydrogen-bond acceptors (Lipinski definition) is 3. The predicted octanol–water partition coefficient (Wildman–Crippen LogP) is 4.37. The van der Waals surface area contributed by atoms with Crippen molar-refractivity contribution >= 4 is 17.4 Å². The van der Waals surface area contributed by atoms with E-state index in [0.717, 1.165) is 49.9 Å². The van der Waals surface area contributed by atoms with Gasteiger partial charge >= 0.3 is 0 Å². The third-order valence-electron chi connectivity index (χ3n) is 4.05. The lowest BCUT2D eigenvalue weighted by molar-refractivity contribution is 0.276. The molecule has 2 rings (SSSR count). The lowest BCUT2D eigenvalue weighted by atomic mass is 9.90. The van der Waals surface area contributed by atoms with E-state index in [2.05, 4.69) is 49.1 Å². The van der Waals surface area contributed by atoms with Crippen LogP contribution in [0.2, 0.25) is 5.02 Å². The predicted molar refractivity (Wildman–Crippen MR) is 95.6 cm³/mol. The summed E-state index contributed by atoms with van der Waals surface area (Å²) in [6, 6.07) is 2.04. The van der Waals surface area contributed by atoms with Gasteiger partial charge in [-0.1, -0.05) is 45.9 Å². The Morgan fingerprint density at radius 1 is 1.27 bits per heavy atom. The summed E-state index contributed by atoms with van der Waals surface area (Å²) < 4.78 is 0. The van der Waals surface area contributed by atoms with Crippen molar-refractivity contribution < 1.29 is 0 Å². The minimum Gasteiger partial charge on any atom is -0.372 e. The van der Waals surface area contributed by atoms with Crippen molar-refractivity contribution in [3.63, 3.8) is 0 Å². The zero-order valence-electron chi connectivity index (χ0n) is 14.3. The first-order chi connectivity index (χ1) is 10.3. The Balaban J connectivity index is 1.96. The average Bonchev–Trinajstić information content (AvgIpc) is 2.45. The molecule has 0 spiro atoms. The quantitative estimate of drug-likeness (QED) is 0.821. The first-order valence-electron chi connectivity index (χ1n) is 8.12. The molecule has 122 valence electrons. The number of anilines is 1. The van der Waals surface area contributed by atoms with Crippen molar-refractivity contribution in [2.75, 3.05) is 31.1 Å². The topological polar surface area (TPSA) is 19.4 Å². The second-order valence-corrected chi connectivity index (χ2v) is 7.69. The van der Waals surface area contributed by atoms with Crippen molar-refractivity contribution in [2.24, 2.45) is 5.41 Å². The van der Waals surface area contributed by atoms with Crippen LogP contribution in [-0.4, -0.2) is 36.1 Å². The molecule has 0 aromatic carbocycles. The maximum atomic E-state index is 6.39. The highest BCUT2D eigenvalue weighted by molar-refractivity contribution is 6.33. The van der Waals surface area contributed by atoms with Gasteiger partial charge in [-0.05, 0) is 29.9 Å². The molecule has 1 fully saturated rings. The zero-order valence-corrected chi connectivity index (χ0v) is 15.1. The molecular formula is C18H28ClN3. The number of aryl methyl sites for hydroxylation is 1. The fraction of sp³-hybridized carbons (Fsp3) is 0.611. The van der Waals surface area contributed by atoms with Gasteiger partial charge in [0.25, 0.3) is 0 Å². The Morgan fingerprint density at radius 2 is 1.91 bits per heavy atom. The Morgan fingerprint density at radius 3 is 2.41 bits per heavy atom. The maximum Gasteiger partial charge on any atom is 0.147 e. The number of aromatic nitrogens is 1. The molecule has 0 amide bonds. The van der Waals surface area contributed by atoms with Gasteiger partial charge in [0, 0.05) is 38.1 Å². The summed E-state index contributed by atoms with van der Waals surface area (Å²) in [5.41, 5.74) is 2.72. The molecule has 0 N–H and O–H groups in total. The molecule has 0 atom stereocenters. The number of piperazine rings is 1. The summed E-state index contributed by atoms with van der Waals surface area (Å²) in [6.07, 6.45) is 3.94. The molecule has 4 heteroatoms. The van der Waals surface area contributed by atoms with Crippen molar-refractivity contribution in [1.29, 1.82) is 0 Å². The Kier molecular flexibility index (Phi) is 5.38. The molecule has 0 radical (unpaired) electrons. The van der Waals surface area contributed by atoms with E-state index in [1.807, 2.05) is 12.3 Å². The first-order valence-corrected chi connectivity index (χ1v) is 8.50. The van der Waals surface area contributed by atoms with E-state index >= 15 is 0 Å². The van der Waals surface area contributed by atoms with E-state index in [1.165, 1.54) is 11.3 Å². The van der Waals surface area contributed by atoms with Crippen LogP contribution >= 0.6 is 11.6 Å². The summed E-state index contributed by atoms with van der Waals surface area (Å²) in [7, 11) is 0. The van der Waals surface area contributed by atoms with Crippen LogP contribution in [0.1, 0.15) is 39.7 Å².